The van der Waals surface area contributed by atoms with Crippen LogP contribution in [0.5, 0.6) is 5.75 Å². The molecule has 6 nitrogen and oxygen atoms in total. The van der Waals surface area contributed by atoms with E-state index >= 15 is 0 Å². The van der Waals surface area contributed by atoms with E-state index in [0.717, 1.165) is 6.54 Å². The zero-order chi connectivity index (χ0) is 15.9. The molecule has 0 spiro atoms. The third kappa shape index (κ3) is 6.57. The third-order valence-corrected chi connectivity index (χ3v) is 2.96. The van der Waals surface area contributed by atoms with Crippen molar-refractivity contribution in [1.82, 2.24) is 10.3 Å². The summed E-state index contributed by atoms with van der Waals surface area (Å²) >= 11 is 0. The number of amides is 1. The molecule has 0 unspecified atom stereocenters. The van der Waals surface area contributed by atoms with Crippen molar-refractivity contribution in [3.05, 3.63) is 29.8 Å². The van der Waals surface area contributed by atoms with E-state index in [4.69, 9.17) is 10.6 Å². The molecule has 1 aromatic carbocycles. The lowest BCUT2D eigenvalue weighted by atomic mass is 10.1. The zero-order valence-corrected chi connectivity index (χ0v) is 12.9. The van der Waals surface area contributed by atoms with Crippen molar-refractivity contribution in [2.24, 2.45) is 5.84 Å². The smallest absolute Gasteiger partial charge is 0.265 e. The molecular weight excluding hydrogens is 270 g/mol. The van der Waals surface area contributed by atoms with Gasteiger partial charge in [0.05, 0.1) is 5.60 Å². The largest absolute Gasteiger partial charge is 0.492 e. The molecule has 21 heavy (non-hydrogen) atoms. The van der Waals surface area contributed by atoms with Crippen molar-refractivity contribution in [2.75, 3.05) is 26.2 Å². The summed E-state index contributed by atoms with van der Waals surface area (Å²) in [5, 5.41) is 9.82. The van der Waals surface area contributed by atoms with E-state index in [-0.39, 0.29) is 5.91 Å². The van der Waals surface area contributed by atoms with Crippen LogP contribution in [-0.2, 0) is 0 Å². The molecule has 0 aliphatic heterocycles. The van der Waals surface area contributed by atoms with E-state index in [1.54, 1.807) is 38.1 Å². The molecule has 118 valence electrons. The number of nitrogen functional groups attached to an aromatic ring is 1. The second-order valence-electron chi connectivity index (χ2n) is 5.53. The van der Waals surface area contributed by atoms with Gasteiger partial charge in [0, 0.05) is 18.7 Å². The highest BCUT2D eigenvalue weighted by Crippen LogP contribution is 2.13. The summed E-state index contributed by atoms with van der Waals surface area (Å²) in [4.78, 5) is 13.5. The second-order valence-corrected chi connectivity index (χ2v) is 5.53. The number of carbonyl (C=O) groups is 1. The average molecular weight is 295 g/mol. The molecule has 1 aromatic rings. The normalized spacial score (nSPS) is 11.5. The van der Waals surface area contributed by atoms with Crippen LogP contribution in [0.2, 0.25) is 0 Å². The molecule has 0 fully saturated rings. The van der Waals surface area contributed by atoms with E-state index in [2.05, 4.69) is 10.3 Å². The minimum atomic E-state index is -0.727. The molecule has 0 bridgehead atoms. The first-order chi connectivity index (χ1) is 9.85. The molecule has 0 atom stereocenters. The lowest BCUT2D eigenvalue weighted by Crippen LogP contribution is -2.40. The van der Waals surface area contributed by atoms with Crippen molar-refractivity contribution < 1.29 is 14.6 Å². The summed E-state index contributed by atoms with van der Waals surface area (Å²) in [6.07, 6.45) is 0. The Morgan fingerprint density at radius 3 is 2.76 bits per heavy atom. The first-order valence-corrected chi connectivity index (χ1v) is 7.04. The van der Waals surface area contributed by atoms with Gasteiger partial charge in [-0.05, 0) is 38.6 Å². The number of hydrogen-bond donors (Lipinski definition) is 3. The highest BCUT2D eigenvalue weighted by Gasteiger charge is 2.16. The quantitative estimate of drug-likeness (QED) is 0.374. The second kappa shape index (κ2) is 7.97. The number of benzene rings is 1. The molecule has 0 heterocycles. The number of nitrogens with two attached hydrogens (primary N) is 1. The Kier molecular flexibility index (Phi) is 6.61. The summed E-state index contributed by atoms with van der Waals surface area (Å²) in [6.45, 7) is 8.21. The Morgan fingerprint density at radius 2 is 2.19 bits per heavy atom. The lowest BCUT2D eigenvalue weighted by molar-refractivity contribution is 0.0339. The summed E-state index contributed by atoms with van der Waals surface area (Å²) in [7, 11) is 0. The third-order valence-electron chi connectivity index (χ3n) is 2.96. The standard InChI is InChI=1S/C15H25N3O3/c1-4-18(11-15(2,3)20)8-9-21-13-7-5-6-12(10-13)14(19)17-16/h5-7,10,20H,4,8-9,11,16H2,1-3H3,(H,17,19). The van der Waals surface area contributed by atoms with Crippen LogP contribution in [0, 0.1) is 0 Å². The topological polar surface area (TPSA) is 87.8 Å². The van der Waals surface area contributed by atoms with Crippen LogP contribution < -0.4 is 16.0 Å². The van der Waals surface area contributed by atoms with E-state index in [1.165, 1.54) is 0 Å². The molecule has 0 saturated carbocycles. The maximum Gasteiger partial charge on any atom is 0.265 e. The Bertz CT molecular complexity index is 458. The number of rotatable bonds is 8. The molecule has 0 aromatic heterocycles. The van der Waals surface area contributed by atoms with Gasteiger partial charge in [0.15, 0.2) is 0 Å². The Hall–Kier alpha value is -1.63. The maximum absolute atomic E-state index is 11.4. The number of carbonyl (C=O) groups excluding carboxylic acids is 1. The monoisotopic (exact) mass is 295 g/mol. The van der Waals surface area contributed by atoms with Crippen molar-refractivity contribution in [1.29, 1.82) is 0 Å². The van der Waals surface area contributed by atoms with Gasteiger partial charge in [-0.3, -0.25) is 15.1 Å². The van der Waals surface area contributed by atoms with Crippen molar-refractivity contribution >= 4 is 5.91 Å². The highest BCUT2D eigenvalue weighted by molar-refractivity contribution is 5.94. The fraction of sp³-hybridized carbons (Fsp3) is 0.533. The Morgan fingerprint density at radius 1 is 1.48 bits per heavy atom. The van der Waals surface area contributed by atoms with Crippen LogP contribution in [0.25, 0.3) is 0 Å². The van der Waals surface area contributed by atoms with E-state index < -0.39 is 5.60 Å². The molecule has 1 amide bonds. The highest BCUT2D eigenvalue weighted by atomic mass is 16.5. The zero-order valence-electron chi connectivity index (χ0n) is 12.9. The summed E-state index contributed by atoms with van der Waals surface area (Å²) < 4.78 is 5.64. The fourth-order valence-corrected chi connectivity index (χ4v) is 2.00. The Balaban J connectivity index is 2.50. The van der Waals surface area contributed by atoms with Gasteiger partial charge < -0.3 is 9.84 Å². The number of ether oxygens (including phenoxy) is 1. The number of likely N-dealkylation sites (N-methyl/N-ethyl adjacent to an activating group) is 1. The van der Waals surface area contributed by atoms with Gasteiger partial charge in [0.2, 0.25) is 0 Å². The van der Waals surface area contributed by atoms with Crippen LogP contribution >= 0.6 is 0 Å². The summed E-state index contributed by atoms with van der Waals surface area (Å²) in [6, 6.07) is 6.85. The van der Waals surface area contributed by atoms with Crippen molar-refractivity contribution in [2.45, 2.75) is 26.4 Å². The van der Waals surface area contributed by atoms with Crippen LogP contribution in [0.1, 0.15) is 31.1 Å². The predicted molar refractivity (Wildman–Crippen MR) is 82.0 cm³/mol. The molecule has 4 N–H and O–H groups in total. The van der Waals surface area contributed by atoms with Crippen LogP contribution in [-0.4, -0.2) is 47.8 Å². The molecule has 0 radical (unpaired) electrons. The molecule has 6 heteroatoms. The Labute approximate surface area is 125 Å². The number of aliphatic hydroxyl groups is 1. The van der Waals surface area contributed by atoms with E-state index in [0.29, 0.717) is 31.0 Å². The first kappa shape index (κ1) is 17.4. The maximum atomic E-state index is 11.4. The number of nitrogens with one attached hydrogen (secondary N) is 1. The molecule has 0 saturated heterocycles. The fourth-order valence-electron chi connectivity index (χ4n) is 2.00. The van der Waals surface area contributed by atoms with Gasteiger partial charge in [-0.2, -0.15) is 0 Å². The predicted octanol–water partition coefficient (Wildman–Crippen LogP) is 0.762. The van der Waals surface area contributed by atoms with Gasteiger partial charge in [-0.15, -0.1) is 0 Å². The minimum absolute atomic E-state index is 0.349. The minimum Gasteiger partial charge on any atom is -0.492 e. The SMILES string of the molecule is CCN(CCOc1cccc(C(=O)NN)c1)CC(C)(C)O. The summed E-state index contributed by atoms with van der Waals surface area (Å²) in [5.74, 6) is 5.37. The van der Waals surface area contributed by atoms with Crippen LogP contribution in [0.4, 0.5) is 0 Å². The van der Waals surface area contributed by atoms with Crippen LogP contribution in [0.3, 0.4) is 0 Å². The number of hydrogen-bond acceptors (Lipinski definition) is 5. The molecule has 0 aliphatic carbocycles. The molecule has 1 rings (SSSR count). The van der Waals surface area contributed by atoms with Crippen molar-refractivity contribution in [3.8, 4) is 5.75 Å². The average Bonchev–Trinajstić information content (AvgIpc) is 2.44. The molecular formula is C15H25N3O3. The number of hydrazine groups is 1. The summed E-state index contributed by atoms with van der Waals surface area (Å²) in [5.41, 5.74) is 1.82. The number of nitrogens with zero attached hydrogens (tertiary/aromatic N) is 1. The van der Waals surface area contributed by atoms with Gasteiger partial charge in [-0.25, -0.2) is 5.84 Å². The van der Waals surface area contributed by atoms with Gasteiger partial charge in [-0.1, -0.05) is 13.0 Å². The molecule has 0 aliphatic rings. The van der Waals surface area contributed by atoms with Gasteiger partial charge in [0.1, 0.15) is 12.4 Å². The first-order valence-electron chi connectivity index (χ1n) is 7.04. The van der Waals surface area contributed by atoms with Crippen molar-refractivity contribution in [3.63, 3.8) is 0 Å². The van der Waals surface area contributed by atoms with E-state index in [9.17, 15) is 9.90 Å². The lowest BCUT2D eigenvalue weighted by Gasteiger charge is -2.27. The van der Waals surface area contributed by atoms with Gasteiger partial charge in [0.25, 0.3) is 5.91 Å². The van der Waals surface area contributed by atoms with Gasteiger partial charge >= 0.3 is 0 Å². The van der Waals surface area contributed by atoms with E-state index in [1.807, 2.05) is 6.92 Å². The van der Waals surface area contributed by atoms with Crippen LogP contribution in [0.15, 0.2) is 24.3 Å².